The number of aromatic nitrogens is 2. The number of carboxylic acids is 1. The largest absolute Gasteiger partial charge is 0.478 e. The third kappa shape index (κ3) is 2.01. The standard InChI is InChI=1S/C15H18N2O2/c1-3-12-16-11-6-4-5-10(14(18)19)13(11)17(12)9-15(2)7-8-15/h4-6H,3,7-9H2,1-2H3,(H,18,19). The fourth-order valence-electron chi connectivity index (χ4n) is 2.60. The van der Waals surface area contributed by atoms with E-state index in [9.17, 15) is 9.90 Å². The van der Waals surface area contributed by atoms with Gasteiger partial charge in [0.2, 0.25) is 0 Å². The van der Waals surface area contributed by atoms with Gasteiger partial charge in [-0.3, -0.25) is 0 Å². The van der Waals surface area contributed by atoms with Gasteiger partial charge in [-0.25, -0.2) is 9.78 Å². The molecule has 0 saturated heterocycles. The Morgan fingerprint density at radius 3 is 2.79 bits per heavy atom. The van der Waals surface area contributed by atoms with Crippen LogP contribution in [0.3, 0.4) is 0 Å². The second-order valence-electron chi connectivity index (χ2n) is 5.76. The molecule has 0 amide bonds. The van der Waals surface area contributed by atoms with Gasteiger partial charge in [-0.1, -0.05) is 19.9 Å². The number of hydrogen-bond acceptors (Lipinski definition) is 2. The van der Waals surface area contributed by atoms with E-state index in [4.69, 9.17) is 0 Å². The molecule has 0 atom stereocenters. The van der Waals surface area contributed by atoms with E-state index in [2.05, 4.69) is 23.4 Å². The van der Waals surface area contributed by atoms with Gasteiger partial charge in [-0.2, -0.15) is 0 Å². The van der Waals surface area contributed by atoms with Crippen LogP contribution in [0.2, 0.25) is 0 Å². The number of aromatic carboxylic acids is 1. The average Bonchev–Trinajstić information content (AvgIpc) is 3.00. The maximum Gasteiger partial charge on any atom is 0.337 e. The molecule has 4 nitrogen and oxygen atoms in total. The minimum absolute atomic E-state index is 0.323. The summed E-state index contributed by atoms with van der Waals surface area (Å²) in [5, 5.41) is 9.36. The second-order valence-corrected chi connectivity index (χ2v) is 5.76. The molecule has 0 radical (unpaired) electrons. The summed E-state index contributed by atoms with van der Waals surface area (Å²) >= 11 is 0. The summed E-state index contributed by atoms with van der Waals surface area (Å²) in [6.07, 6.45) is 3.25. The molecule has 1 aliphatic carbocycles. The summed E-state index contributed by atoms with van der Waals surface area (Å²) in [5.74, 6) is 0.104. The Morgan fingerprint density at radius 1 is 1.47 bits per heavy atom. The topological polar surface area (TPSA) is 55.1 Å². The van der Waals surface area contributed by atoms with Crippen LogP contribution in [0.15, 0.2) is 18.2 Å². The predicted molar refractivity (Wildman–Crippen MR) is 73.4 cm³/mol. The number of hydrogen-bond donors (Lipinski definition) is 1. The predicted octanol–water partition coefficient (Wildman–Crippen LogP) is 3.10. The highest BCUT2D eigenvalue weighted by Gasteiger charge is 2.38. The number of benzene rings is 1. The van der Waals surface area contributed by atoms with Gasteiger partial charge < -0.3 is 9.67 Å². The van der Waals surface area contributed by atoms with Crippen molar-refractivity contribution in [2.24, 2.45) is 5.41 Å². The highest BCUT2D eigenvalue weighted by Crippen LogP contribution is 2.47. The SMILES string of the molecule is CCc1nc2cccc(C(=O)O)c2n1CC1(C)CC1. The molecular weight excluding hydrogens is 240 g/mol. The van der Waals surface area contributed by atoms with Crippen molar-refractivity contribution in [2.75, 3.05) is 0 Å². The normalized spacial score (nSPS) is 16.7. The lowest BCUT2D eigenvalue weighted by Gasteiger charge is -2.14. The monoisotopic (exact) mass is 258 g/mol. The van der Waals surface area contributed by atoms with Crippen LogP contribution < -0.4 is 0 Å². The molecule has 1 aromatic carbocycles. The van der Waals surface area contributed by atoms with Crippen molar-refractivity contribution in [1.82, 2.24) is 9.55 Å². The van der Waals surface area contributed by atoms with Crippen molar-refractivity contribution in [3.05, 3.63) is 29.6 Å². The molecule has 100 valence electrons. The zero-order valence-electron chi connectivity index (χ0n) is 11.3. The smallest absolute Gasteiger partial charge is 0.337 e. The number of aryl methyl sites for hydroxylation is 1. The molecule has 0 aliphatic heterocycles. The number of carbonyl (C=O) groups is 1. The van der Waals surface area contributed by atoms with Crippen LogP contribution in [0.25, 0.3) is 11.0 Å². The van der Waals surface area contributed by atoms with E-state index in [1.54, 1.807) is 12.1 Å². The molecule has 2 aromatic rings. The molecule has 3 rings (SSSR count). The molecule has 0 unspecified atom stereocenters. The summed E-state index contributed by atoms with van der Waals surface area (Å²) in [7, 11) is 0. The van der Waals surface area contributed by atoms with Crippen molar-refractivity contribution in [3.63, 3.8) is 0 Å². The molecule has 4 heteroatoms. The summed E-state index contributed by atoms with van der Waals surface area (Å²) in [5.41, 5.74) is 2.25. The van der Waals surface area contributed by atoms with E-state index in [0.29, 0.717) is 11.0 Å². The summed E-state index contributed by atoms with van der Waals surface area (Å²) in [4.78, 5) is 16.0. The van der Waals surface area contributed by atoms with Gasteiger partial charge in [0.15, 0.2) is 0 Å². The van der Waals surface area contributed by atoms with E-state index < -0.39 is 5.97 Å². The van der Waals surface area contributed by atoms with Crippen molar-refractivity contribution in [3.8, 4) is 0 Å². The molecule has 1 aromatic heterocycles. The molecule has 0 bridgehead atoms. The first kappa shape index (κ1) is 12.2. The molecular formula is C15H18N2O2. The second kappa shape index (κ2) is 4.08. The first-order valence-corrected chi connectivity index (χ1v) is 6.75. The Labute approximate surface area is 112 Å². The molecule has 19 heavy (non-hydrogen) atoms. The lowest BCUT2D eigenvalue weighted by molar-refractivity contribution is 0.0698. The molecule has 1 saturated carbocycles. The highest BCUT2D eigenvalue weighted by atomic mass is 16.4. The molecule has 0 spiro atoms. The zero-order chi connectivity index (χ0) is 13.6. The third-order valence-corrected chi connectivity index (χ3v) is 4.04. The van der Waals surface area contributed by atoms with Gasteiger partial charge in [-0.15, -0.1) is 0 Å². The van der Waals surface area contributed by atoms with Crippen LogP contribution in [0, 0.1) is 5.41 Å². The summed E-state index contributed by atoms with van der Waals surface area (Å²) < 4.78 is 2.12. The van der Waals surface area contributed by atoms with Crippen molar-refractivity contribution < 1.29 is 9.90 Å². The highest BCUT2D eigenvalue weighted by molar-refractivity contribution is 6.01. The Balaban J connectivity index is 2.23. The van der Waals surface area contributed by atoms with Crippen LogP contribution in [-0.2, 0) is 13.0 Å². The minimum Gasteiger partial charge on any atom is -0.478 e. The lowest BCUT2D eigenvalue weighted by atomic mass is 10.1. The fourth-order valence-corrected chi connectivity index (χ4v) is 2.60. The maximum atomic E-state index is 11.4. The molecule has 1 aliphatic rings. The van der Waals surface area contributed by atoms with Crippen LogP contribution in [0.5, 0.6) is 0 Å². The Bertz CT molecular complexity index is 653. The fraction of sp³-hybridized carbons (Fsp3) is 0.467. The van der Waals surface area contributed by atoms with Crippen molar-refractivity contribution in [1.29, 1.82) is 0 Å². The Morgan fingerprint density at radius 2 is 2.21 bits per heavy atom. The number of nitrogens with zero attached hydrogens (tertiary/aromatic N) is 2. The van der Waals surface area contributed by atoms with E-state index in [1.807, 2.05) is 6.07 Å². The Hall–Kier alpha value is -1.84. The van der Waals surface area contributed by atoms with Crippen molar-refractivity contribution >= 4 is 17.0 Å². The quantitative estimate of drug-likeness (QED) is 0.916. The van der Waals surface area contributed by atoms with Crippen LogP contribution in [0.4, 0.5) is 0 Å². The molecule has 1 fully saturated rings. The van der Waals surface area contributed by atoms with Gasteiger partial charge in [0.25, 0.3) is 0 Å². The summed E-state index contributed by atoms with van der Waals surface area (Å²) in [6.45, 7) is 5.19. The van der Waals surface area contributed by atoms with Crippen LogP contribution in [-0.4, -0.2) is 20.6 Å². The van der Waals surface area contributed by atoms with E-state index in [1.165, 1.54) is 12.8 Å². The first-order chi connectivity index (χ1) is 9.04. The minimum atomic E-state index is -0.879. The first-order valence-electron chi connectivity index (χ1n) is 6.75. The maximum absolute atomic E-state index is 11.4. The Kier molecular flexibility index (Phi) is 2.62. The number of carboxylic acid groups (broad SMARTS) is 1. The van der Waals surface area contributed by atoms with E-state index >= 15 is 0 Å². The van der Waals surface area contributed by atoms with Gasteiger partial charge in [0.05, 0.1) is 16.6 Å². The third-order valence-electron chi connectivity index (χ3n) is 4.04. The number of para-hydroxylation sites is 1. The molecule has 1 N–H and O–H groups in total. The van der Waals surface area contributed by atoms with Crippen molar-refractivity contribution in [2.45, 2.75) is 39.7 Å². The zero-order valence-corrected chi connectivity index (χ0v) is 11.3. The lowest BCUT2D eigenvalue weighted by Crippen LogP contribution is -2.12. The summed E-state index contributed by atoms with van der Waals surface area (Å²) in [6, 6.07) is 5.32. The number of imidazole rings is 1. The van der Waals surface area contributed by atoms with Gasteiger partial charge in [-0.05, 0) is 30.4 Å². The van der Waals surface area contributed by atoms with Crippen LogP contribution in [0.1, 0.15) is 42.9 Å². The number of rotatable bonds is 4. The van der Waals surface area contributed by atoms with Crippen LogP contribution >= 0.6 is 0 Å². The number of fused-ring (bicyclic) bond motifs is 1. The van der Waals surface area contributed by atoms with Gasteiger partial charge in [0, 0.05) is 13.0 Å². The van der Waals surface area contributed by atoms with Gasteiger partial charge in [0.1, 0.15) is 5.82 Å². The van der Waals surface area contributed by atoms with Gasteiger partial charge >= 0.3 is 5.97 Å². The molecule has 1 heterocycles. The average molecular weight is 258 g/mol. The van der Waals surface area contributed by atoms with E-state index in [-0.39, 0.29) is 0 Å². The van der Waals surface area contributed by atoms with E-state index in [0.717, 1.165) is 29.8 Å².